The van der Waals surface area contributed by atoms with Gasteiger partial charge in [0.2, 0.25) is 0 Å². The Morgan fingerprint density at radius 1 is 1.57 bits per heavy atom. The van der Waals surface area contributed by atoms with Gasteiger partial charge in [-0.3, -0.25) is 0 Å². The molecule has 84 valence electrons. The number of ether oxygens (including phenoxy) is 1. The quantitative estimate of drug-likeness (QED) is 0.659. The topological polar surface area (TPSA) is 55.5 Å². The van der Waals surface area contributed by atoms with Crippen LogP contribution in [0.3, 0.4) is 0 Å². The van der Waals surface area contributed by atoms with E-state index in [4.69, 9.17) is 15.6 Å². The molecule has 3 N–H and O–H groups in total. The van der Waals surface area contributed by atoms with E-state index in [1.165, 1.54) is 12.8 Å². The van der Waals surface area contributed by atoms with E-state index >= 15 is 0 Å². The first-order valence-electron chi connectivity index (χ1n) is 5.67. The Bertz CT molecular complexity index is 163. The molecular formula is C11H23NO2. The number of aliphatic hydroxyl groups excluding tert-OH is 1. The highest BCUT2D eigenvalue weighted by Crippen LogP contribution is 2.34. The summed E-state index contributed by atoms with van der Waals surface area (Å²) in [6, 6.07) is 0. The van der Waals surface area contributed by atoms with E-state index in [-0.39, 0.29) is 12.2 Å². The molecule has 0 spiro atoms. The second-order valence-electron chi connectivity index (χ2n) is 4.51. The standard InChI is InChI=1S/C11H23NO2/c1-10-4-2-5-11(8-10,9-12)14-7-3-6-13/h10,13H,2-9,12H2,1H3. The largest absolute Gasteiger partial charge is 0.396 e. The van der Waals surface area contributed by atoms with E-state index in [2.05, 4.69) is 6.92 Å². The lowest BCUT2D eigenvalue weighted by Crippen LogP contribution is -2.44. The molecule has 0 amide bonds. The highest BCUT2D eigenvalue weighted by atomic mass is 16.5. The lowest BCUT2D eigenvalue weighted by atomic mass is 9.79. The Labute approximate surface area is 86.6 Å². The maximum absolute atomic E-state index is 8.69. The summed E-state index contributed by atoms with van der Waals surface area (Å²) in [5, 5.41) is 8.69. The van der Waals surface area contributed by atoms with Gasteiger partial charge in [-0.1, -0.05) is 19.8 Å². The zero-order chi connectivity index (χ0) is 10.4. The molecule has 2 atom stereocenters. The minimum Gasteiger partial charge on any atom is -0.396 e. The van der Waals surface area contributed by atoms with E-state index in [9.17, 15) is 0 Å². The van der Waals surface area contributed by atoms with Crippen LogP contribution in [0.15, 0.2) is 0 Å². The summed E-state index contributed by atoms with van der Waals surface area (Å²) in [5.41, 5.74) is 5.70. The lowest BCUT2D eigenvalue weighted by Gasteiger charge is -2.39. The third kappa shape index (κ3) is 3.23. The Morgan fingerprint density at radius 2 is 2.36 bits per heavy atom. The molecule has 3 nitrogen and oxygen atoms in total. The molecule has 1 aliphatic rings. The molecule has 0 aromatic heterocycles. The van der Waals surface area contributed by atoms with E-state index in [0.29, 0.717) is 13.2 Å². The van der Waals surface area contributed by atoms with Gasteiger partial charge < -0.3 is 15.6 Å². The number of hydrogen-bond acceptors (Lipinski definition) is 3. The van der Waals surface area contributed by atoms with Crippen molar-refractivity contribution in [2.24, 2.45) is 11.7 Å². The predicted octanol–water partition coefficient (Wildman–Crippen LogP) is 1.29. The fourth-order valence-corrected chi connectivity index (χ4v) is 2.34. The molecule has 0 aromatic carbocycles. The Hall–Kier alpha value is -0.120. The summed E-state index contributed by atoms with van der Waals surface area (Å²) in [5.74, 6) is 0.724. The first-order chi connectivity index (χ1) is 6.72. The van der Waals surface area contributed by atoms with Crippen molar-refractivity contribution in [3.63, 3.8) is 0 Å². The summed E-state index contributed by atoms with van der Waals surface area (Å²) < 4.78 is 5.85. The molecule has 1 aliphatic carbocycles. The van der Waals surface area contributed by atoms with Crippen LogP contribution < -0.4 is 5.73 Å². The molecule has 0 aliphatic heterocycles. The van der Waals surface area contributed by atoms with Gasteiger partial charge in [0.25, 0.3) is 0 Å². The van der Waals surface area contributed by atoms with E-state index in [1.807, 2.05) is 0 Å². The SMILES string of the molecule is CC1CCCC(CN)(OCCCO)C1. The van der Waals surface area contributed by atoms with Crippen LogP contribution >= 0.6 is 0 Å². The maximum Gasteiger partial charge on any atom is 0.0806 e. The van der Waals surface area contributed by atoms with Gasteiger partial charge in [0.1, 0.15) is 0 Å². The number of aliphatic hydroxyl groups is 1. The van der Waals surface area contributed by atoms with Gasteiger partial charge in [0.05, 0.1) is 5.60 Å². The fourth-order valence-electron chi connectivity index (χ4n) is 2.34. The second-order valence-corrected chi connectivity index (χ2v) is 4.51. The molecule has 0 radical (unpaired) electrons. The van der Waals surface area contributed by atoms with Crippen LogP contribution in [0.4, 0.5) is 0 Å². The third-order valence-electron chi connectivity index (χ3n) is 3.13. The first kappa shape index (κ1) is 12.0. The normalized spacial score (nSPS) is 33.2. The van der Waals surface area contributed by atoms with Crippen LogP contribution in [0.2, 0.25) is 0 Å². The monoisotopic (exact) mass is 201 g/mol. The van der Waals surface area contributed by atoms with Gasteiger partial charge >= 0.3 is 0 Å². The van der Waals surface area contributed by atoms with E-state index in [1.54, 1.807) is 0 Å². The Kier molecular flexibility index (Phi) is 4.85. The number of rotatable bonds is 5. The molecule has 1 saturated carbocycles. The summed E-state index contributed by atoms with van der Waals surface area (Å²) in [6.45, 7) is 3.72. The van der Waals surface area contributed by atoms with Crippen LogP contribution in [-0.4, -0.2) is 30.5 Å². The average molecular weight is 201 g/mol. The predicted molar refractivity (Wildman–Crippen MR) is 57.1 cm³/mol. The lowest BCUT2D eigenvalue weighted by molar-refractivity contribution is -0.0772. The summed E-state index contributed by atoms with van der Waals surface area (Å²) >= 11 is 0. The summed E-state index contributed by atoms with van der Waals surface area (Å²) in [7, 11) is 0. The Balaban J connectivity index is 2.39. The molecule has 0 bridgehead atoms. The van der Waals surface area contributed by atoms with Crippen LogP contribution in [0.1, 0.15) is 39.0 Å². The molecular weight excluding hydrogens is 178 g/mol. The Morgan fingerprint density at radius 3 is 2.93 bits per heavy atom. The van der Waals surface area contributed by atoms with Crippen molar-refractivity contribution >= 4 is 0 Å². The van der Waals surface area contributed by atoms with Gasteiger partial charge in [-0.05, 0) is 25.2 Å². The van der Waals surface area contributed by atoms with Crippen molar-refractivity contribution in [2.75, 3.05) is 19.8 Å². The van der Waals surface area contributed by atoms with Gasteiger partial charge in [-0.15, -0.1) is 0 Å². The van der Waals surface area contributed by atoms with Gasteiger partial charge in [-0.2, -0.15) is 0 Å². The van der Waals surface area contributed by atoms with Gasteiger partial charge in [0.15, 0.2) is 0 Å². The zero-order valence-electron chi connectivity index (χ0n) is 9.17. The molecule has 3 heteroatoms. The first-order valence-corrected chi connectivity index (χ1v) is 5.67. The summed E-state index contributed by atoms with van der Waals surface area (Å²) in [4.78, 5) is 0. The molecule has 1 rings (SSSR count). The number of hydrogen-bond donors (Lipinski definition) is 2. The van der Waals surface area contributed by atoms with Crippen molar-refractivity contribution in [3.8, 4) is 0 Å². The molecule has 2 unspecified atom stereocenters. The molecule has 1 fully saturated rings. The minimum absolute atomic E-state index is 0.0904. The van der Waals surface area contributed by atoms with E-state index < -0.39 is 0 Å². The highest BCUT2D eigenvalue weighted by molar-refractivity contribution is 4.87. The van der Waals surface area contributed by atoms with Crippen molar-refractivity contribution in [1.29, 1.82) is 0 Å². The van der Waals surface area contributed by atoms with Crippen molar-refractivity contribution in [3.05, 3.63) is 0 Å². The molecule has 0 saturated heterocycles. The van der Waals surface area contributed by atoms with Crippen LogP contribution in [0.25, 0.3) is 0 Å². The fraction of sp³-hybridized carbons (Fsp3) is 1.00. The van der Waals surface area contributed by atoms with Crippen molar-refractivity contribution in [1.82, 2.24) is 0 Å². The molecule has 14 heavy (non-hydrogen) atoms. The van der Waals surface area contributed by atoms with Crippen molar-refractivity contribution in [2.45, 2.75) is 44.6 Å². The molecule has 0 aromatic rings. The van der Waals surface area contributed by atoms with Gasteiger partial charge in [0, 0.05) is 19.8 Å². The van der Waals surface area contributed by atoms with Crippen LogP contribution in [0.5, 0.6) is 0 Å². The zero-order valence-corrected chi connectivity index (χ0v) is 9.17. The average Bonchev–Trinajstić information content (AvgIpc) is 2.18. The van der Waals surface area contributed by atoms with Crippen LogP contribution in [0, 0.1) is 5.92 Å². The third-order valence-corrected chi connectivity index (χ3v) is 3.13. The second kappa shape index (κ2) is 5.69. The number of nitrogens with two attached hydrogens (primary N) is 1. The van der Waals surface area contributed by atoms with Gasteiger partial charge in [-0.25, -0.2) is 0 Å². The summed E-state index contributed by atoms with van der Waals surface area (Å²) in [6.07, 6.45) is 5.40. The molecule has 0 heterocycles. The van der Waals surface area contributed by atoms with Crippen LogP contribution in [-0.2, 0) is 4.74 Å². The minimum atomic E-state index is -0.0904. The maximum atomic E-state index is 8.69. The highest BCUT2D eigenvalue weighted by Gasteiger charge is 2.34. The van der Waals surface area contributed by atoms with E-state index in [0.717, 1.165) is 25.2 Å². The van der Waals surface area contributed by atoms with Crippen molar-refractivity contribution < 1.29 is 9.84 Å². The smallest absolute Gasteiger partial charge is 0.0806 e.